The minimum absolute atomic E-state index is 0.120. The van der Waals surface area contributed by atoms with Gasteiger partial charge in [-0.25, -0.2) is 4.99 Å². The van der Waals surface area contributed by atoms with Gasteiger partial charge in [0.05, 0.1) is 17.9 Å². The molecule has 0 bridgehead atoms. The number of hydrogen-bond acceptors (Lipinski definition) is 3. The van der Waals surface area contributed by atoms with Crippen LogP contribution >= 0.6 is 0 Å². The van der Waals surface area contributed by atoms with Gasteiger partial charge in [0.1, 0.15) is 6.61 Å². The summed E-state index contributed by atoms with van der Waals surface area (Å²) in [5, 5.41) is 0. The van der Waals surface area contributed by atoms with Crippen molar-refractivity contribution in [3.63, 3.8) is 0 Å². The fourth-order valence-electron chi connectivity index (χ4n) is 2.69. The summed E-state index contributed by atoms with van der Waals surface area (Å²) in [6.07, 6.45) is 1.79. The van der Waals surface area contributed by atoms with Crippen molar-refractivity contribution in [3.8, 4) is 0 Å². The number of para-hydroxylation sites is 1. The van der Waals surface area contributed by atoms with E-state index < -0.39 is 0 Å². The number of hydrogen-bond donors (Lipinski definition) is 0. The maximum Gasteiger partial charge on any atom is 0.228 e. The molecule has 0 saturated carbocycles. The molecule has 0 fully saturated rings. The Morgan fingerprint density at radius 3 is 2.13 bits per heavy atom. The highest BCUT2D eigenvalue weighted by Gasteiger charge is 2.29. The molecule has 1 heterocycles. The number of nitrogens with zero attached hydrogens (tertiary/aromatic N) is 2. The second-order valence-corrected chi connectivity index (χ2v) is 8.01. The van der Waals surface area contributed by atoms with Crippen LogP contribution in [0.25, 0.3) is 0 Å². The van der Waals surface area contributed by atoms with Crippen molar-refractivity contribution in [2.75, 3.05) is 6.61 Å². The van der Waals surface area contributed by atoms with Crippen LogP contribution in [0, 0.1) is 5.41 Å². The number of rotatable bonds is 4. The van der Waals surface area contributed by atoms with Crippen LogP contribution in [-0.2, 0) is 4.74 Å². The minimum atomic E-state index is 0.120. The Morgan fingerprint density at radius 2 is 1.70 bits per heavy atom. The molecule has 0 unspecified atom stereocenters. The molecule has 0 saturated heterocycles. The van der Waals surface area contributed by atoms with E-state index in [0.717, 1.165) is 5.69 Å². The lowest BCUT2D eigenvalue weighted by atomic mass is 9.88. The fourth-order valence-corrected chi connectivity index (χ4v) is 2.69. The molecule has 0 spiro atoms. The molecule has 23 heavy (non-hydrogen) atoms. The van der Waals surface area contributed by atoms with E-state index in [1.807, 2.05) is 0 Å². The zero-order valence-corrected chi connectivity index (χ0v) is 15.6. The summed E-state index contributed by atoms with van der Waals surface area (Å²) in [4.78, 5) is 9.43. The van der Waals surface area contributed by atoms with Crippen molar-refractivity contribution >= 4 is 17.8 Å². The van der Waals surface area contributed by atoms with E-state index in [0.29, 0.717) is 24.3 Å². The maximum absolute atomic E-state index is 5.72. The van der Waals surface area contributed by atoms with E-state index in [-0.39, 0.29) is 11.5 Å². The van der Waals surface area contributed by atoms with Crippen LogP contribution in [0.3, 0.4) is 0 Å². The van der Waals surface area contributed by atoms with Crippen LogP contribution in [0.1, 0.15) is 71.4 Å². The van der Waals surface area contributed by atoms with Crippen molar-refractivity contribution in [1.82, 2.24) is 0 Å². The van der Waals surface area contributed by atoms with Crippen molar-refractivity contribution < 1.29 is 4.74 Å². The molecule has 1 aromatic carbocycles. The molecule has 1 aliphatic heterocycles. The average Bonchev–Trinajstić information content (AvgIpc) is 2.93. The van der Waals surface area contributed by atoms with E-state index >= 15 is 0 Å². The van der Waals surface area contributed by atoms with Gasteiger partial charge in [-0.2, -0.15) is 0 Å². The van der Waals surface area contributed by atoms with Gasteiger partial charge < -0.3 is 4.74 Å². The van der Waals surface area contributed by atoms with Crippen molar-refractivity contribution in [2.45, 2.75) is 66.3 Å². The highest BCUT2D eigenvalue weighted by molar-refractivity contribution is 6.27. The lowest BCUT2D eigenvalue weighted by Gasteiger charge is -2.21. The molecule has 1 aliphatic rings. The molecule has 2 rings (SSSR count). The summed E-state index contributed by atoms with van der Waals surface area (Å²) in [5.74, 6) is 1.53. The molecular formula is C20H30N2O. The second kappa shape index (κ2) is 6.86. The first kappa shape index (κ1) is 17.7. The van der Waals surface area contributed by atoms with Crippen LogP contribution in [0.15, 0.2) is 28.2 Å². The van der Waals surface area contributed by atoms with E-state index in [2.05, 4.69) is 71.7 Å². The monoisotopic (exact) mass is 314 g/mol. The molecule has 1 aromatic rings. The Bertz CT molecular complexity index is 580. The predicted octanol–water partition coefficient (Wildman–Crippen LogP) is 5.48. The van der Waals surface area contributed by atoms with Gasteiger partial charge >= 0.3 is 0 Å². The number of benzene rings is 1. The molecule has 0 N–H and O–H groups in total. The van der Waals surface area contributed by atoms with E-state index in [4.69, 9.17) is 9.73 Å². The first-order valence-corrected chi connectivity index (χ1v) is 8.57. The Hall–Kier alpha value is -1.64. The van der Waals surface area contributed by atoms with E-state index in [1.54, 1.807) is 6.21 Å². The third-order valence-electron chi connectivity index (χ3n) is 4.32. The van der Waals surface area contributed by atoms with Gasteiger partial charge in [0.25, 0.3) is 0 Å². The Labute approximate surface area is 140 Å². The van der Waals surface area contributed by atoms with Crippen LogP contribution in [-0.4, -0.2) is 24.8 Å². The normalized spacial score (nSPS) is 18.8. The summed E-state index contributed by atoms with van der Waals surface area (Å²) < 4.78 is 5.72. The number of aliphatic imine (C=N–C) groups is 2. The zero-order valence-electron chi connectivity index (χ0n) is 15.6. The minimum Gasteiger partial charge on any atom is -0.475 e. The van der Waals surface area contributed by atoms with Gasteiger partial charge in [-0.05, 0) is 28.4 Å². The molecule has 3 heteroatoms. The summed E-state index contributed by atoms with van der Waals surface area (Å²) in [7, 11) is 0. The highest BCUT2D eigenvalue weighted by atomic mass is 16.5. The first-order valence-electron chi connectivity index (χ1n) is 8.57. The quantitative estimate of drug-likeness (QED) is 0.678. The standard InChI is InChI=1S/C20H30N2O/c1-13(2)15-9-8-10-16(14(3)4)19(15)21-11-18-22-17(12-23-18)20(5,6)7/h8-11,13-14,17H,12H2,1-7H3/b21-11+/t17-/m1/s1. The van der Waals surface area contributed by atoms with Crippen LogP contribution < -0.4 is 0 Å². The van der Waals surface area contributed by atoms with Crippen LogP contribution in [0.4, 0.5) is 5.69 Å². The molecular weight excluding hydrogens is 284 g/mol. The van der Waals surface area contributed by atoms with Gasteiger partial charge in [0.15, 0.2) is 0 Å². The fraction of sp³-hybridized carbons (Fsp3) is 0.600. The topological polar surface area (TPSA) is 34.0 Å². The summed E-state index contributed by atoms with van der Waals surface area (Å²) >= 11 is 0. The first-order chi connectivity index (χ1) is 10.7. The zero-order chi connectivity index (χ0) is 17.2. The second-order valence-electron chi connectivity index (χ2n) is 8.01. The third kappa shape index (κ3) is 4.21. The molecule has 0 radical (unpaired) electrons. The van der Waals surface area contributed by atoms with Crippen LogP contribution in [0.5, 0.6) is 0 Å². The maximum atomic E-state index is 5.72. The van der Waals surface area contributed by atoms with Gasteiger partial charge in [-0.15, -0.1) is 0 Å². The molecule has 126 valence electrons. The summed E-state index contributed by atoms with van der Waals surface area (Å²) in [6, 6.07) is 6.66. The lowest BCUT2D eigenvalue weighted by molar-refractivity contribution is 0.237. The van der Waals surface area contributed by atoms with Crippen molar-refractivity contribution in [1.29, 1.82) is 0 Å². The molecule has 1 atom stereocenters. The Balaban J connectivity index is 2.33. The summed E-state index contributed by atoms with van der Waals surface area (Å²) in [5.41, 5.74) is 3.74. The van der Waals surface area contributed by atoms with Gasteiger partial charge in [0.2, 0.25) is 5.90 Å². The SMILES string of the molecule is CC(C)c1cccc(C(C)C)c1/N=C/C1=N[C@@H](C(C)(C)C)CO1. The van der Waals surface area contributed by atoms with Gasteiger partial charge in [-0.3, -0.25) is 4.99 Å². The van der Waals surface area contributed by atoms with E-state index in [9.17, 15) is 0 Å². The molecule has 0 aliphatic carbocycles. The Kier molecular flexibility index (Phi) is 5.28. The van der Waals surface area contributed by atoms with Crippen LogP contribution in [0.2, 0.25) is 0 Å². The van der Waals surface area contributed by atoms with Gasteiger partial charge in [0, 0.05) is 0 Å². The molecule has 0 aromatic heterocycles. The van der Waals surface area contributed by atoms with Crippen molar-refractivity contribution in [2.24, 2.45) is 15.4 Å². The van der Waals surface area contributed by atoms with Crippen molar-refractivity contribution in [3.05, 3.63) is 29.3 Å². The largest absolute Gasteiger partial charge is 0.475 e. The number of ether oxygens (including phenoxy) is 1. The summed E-state index contributed by atoms with van der Waals surface area (Å²) in [6.45, 7) is 16.0. The molecule has 0 amide bonds. The van der Waals surface area contributed by atoms with E-state index in [1.165, 1.54) is 11.1 Å². The third-order valence-corrected chi connectivity index (χ3v) is 4.32. The van der Waals surface area contributed by atoms with Gasteiger partial charge in [-0.1, -0.05) is 66.7 Å². The predicted molar refractivity (Wildman–Crippen MR) is 99.4 cm³/mol. The highest BCUT2D eigenvalue weighted by Crippen LogP contribution is 2.34. The lowest BCUT2D eigenvalue weighted by Crippen LogP contribution is -2.25. The molecule has 3 nitrogen and oxygen atoms in total. The smallest absolute Gasteiger partial charge is 0.228 e. The average molecular weight is 314 g/mol. The Morgan fingerprint density at radius 1 is 1.13 bits per heavy atom.